The van der Waals surface area contributed by atoms with E-state index in [2.05, 4.69) is 69.1 Å². The molecule has 0 aromatic heterocycles. The lowest BCUT2D eigenvalue weighted by Gasteiger charge is -2.73. The Balaban J connectivity index is 1.05. The summed E-state index contributed by atoms with van der Waals surface area (Å²) in [4.78, 5) is 29.8. The molecule has 55 heavy (non-hydrogen) atoms. The van der Waals surface area contributed by atoms with Gasteiger partial charge in [0.2, 0.25) is 5.91 Å². The number of hydrogen-bond donors (Lipinski definition) is 2. The Kier molecular flexibility index (Phi) is 10.9. The summed E-state index contributed by atoms with van der Waals surface area (Å²) in [5.74, 6) is 7.64. The normalized spacial score (nSPS) is 39.5. The molecule has 2 aliphatic heterocycles. The van der Waals surface area contributed by atoms with Crippen LogP contribution in [0.4, 0.5) is 0 Å². The standard InChI is InChI=1S/C47H71N3O4S/c1-33(2)36-18-21-47(32-48-25-9-26-49-28-30-55(8,54)31-29-49)23-22-45(6)37(41(36)47)15-16-39-44(5)24-27-50(43(3,4)38(44)19-20-46(39,45)7)40(51)17-12-34-10-13-35(14-11-34)42(52)53/h10-14,17,36-39,41,48H,1,8-9,15-16,18-32H2,2-7H3,(H,52,53)/b17-12+/t36-,37+,38-,39+,41+,44-,45+,46+,47+/m0/s1. The lowest BCUT2D eigenvalue weighted by Crippen LogP contribution is -2.70. The van der Waals surface area contributed by atoms with Crippen LogP contribution in [0.5, 0.6) is 0 Å². The van der Waals surface area contributed by atoms with Gasteiger partial charge in [-0.1, -0.05) is 45.1 Å². The number of piperidine rings is 1. The Hall–Kier alpha value is -2.42. The molecule has 7 rings (SSSR count). The van der Waals surface area contributed by atoms with Crippen LogP contribution < -0.4 is 5.32 Å². The van der Waals surface area contributed by atoms with Crippen molar-refractivity contribution in [1.82, 2.24) is 15.1 Å². The van der Waals surface area contributed by atoms with Gasteiger partial charge in [0, 0.05) is 49.3 Å². The average molecular weight is 774 g/mol. The van der Waals surface area contributed by atoms with E-state index in [1.807, 2.05) is 6.08 Å². The van der Waals surface area contributed by atoms with E-state index in [0.717, 1.165) is 75.6 Å². The smallest absolute Gasteiger partial charge is 0.335 e. The third-order valence-electron chi connectivity index (χ3n) is 17.6. The van der Waals surface area contributed by atoms with E-state index in [4.69, 9.17) is 0 Å². The number of carboxylic acid groups (broad SMARTS) is 1. The maximum Gasteiger partial charge on any atom is 0.335 e. The molecule has 4 saturated carbocycles. The number of nitrogens with zero attached hydrogens (tertiary/aromatic N) is 2. The van der Waals surface area contributed by atoms with E-state index >= 15 is 0 Å². The van der Waals surface area contributed by atoms with Crippen molar-refractivity contribution in [2.75, 3.05) is 50.8 Å². The van der Waals surface area contributed by atoms with Gasteiger partial charge in [0.1, 0.15) is 0 Å². The van der Waals surface area contributed by atoms with Crippen LogP contribution in [-0.4, -0.2) is 93.2 Å². The molecule has 4 aliphatic carbocycles. The van der Waals surface area contributed by atoms with Crippen molar-refractivity contribution in [1.29, 1.82) is 0 Å². The van der Waals surface area contributed by atoms with Crippen molar-refractivity contribution in [2.45, 2.75) is 111 Å². The number of allylic oxidation sites excluding steroid dienone is 1. The molecule has 8 heteroatoms. The lowest BCUT2D eigenvalue weighted by atomic mass is 9.33. The topological polar surface area (TPSA) is 90.0 Å². The minimum Gasteiger partial charge on any atom is -0.478 e. The highest BCUT2D eigenvalue weighted by Crippen LogP contribution is 2.76. The molecule has 0 radical (unpaired) electrons. The summed E-state index contributed by atoms with van der Waals surface area (Å²) in [5.41, 5.74) is 3.30. The van der Waals surface area contributed by atoms with Crippen molar-refractivity contribution in [2.24, 2.45) is 51.2 Å². The fourth-order valence-corrected chi connectivity index (χ4v) is 15.9. The van der Waals surface area contributed by atoms with Crippen LogP contribution in [0, 0.1) is 51.2 Å². The molecule has 6 fully saturated rings. The van der Waals surface area contributed by atoms with Gasteiger partial charge in [-0.05, 0) is 188 Å². The number of fused-ring (bicyclic) bond motifs is 7. The third-order valence-corrected chi connectivity index (χ3v) is 19.5. The zero-order valence-corrected chi connectivity index (χ0v) is 35.8. The lowest BCUT2D eigenvalue weighted by molar-refractivity contribution is -0.240. The molecule has 2 saturated heterocycles. The summed E-state index contributed by atoms with van der Waals surface area (Å²) >= 11 is 0. The van der Waals surface area contributed by atoms with Gasteiger partial charge in [-0.3, -0.25) is 9.00 Å². The molecule has 2 heterocycles. The molecule has 0 spiro atoms. The first-order chi connectivity index (χ1) is 25.9. The van der Waals surface area contributed by atoms with E-state index in [0.29, 0.717) is 35.0 Å². The Bertz CT molecular complexity index is 1770. The number of benzene rings is 1. The molecular weight excluding hydrogens is 703 g/mol. The Morgan fingerprint density at radius 3 is 2.29 bits per heavy atom. The number of hydrogen-bond acceptors (Lipinski definition) is 5. The predicted molar refractivity (Wildman–Crippen MR) is 228 cm³/mol. The van der Waals surface area contributed by atoms with Crippen LogP contribution in [0.2, 0.25) is 0 Å². The molecular formula is C47H71N3O4S. The van der Waals surface area contributed by atoms with Crippen molar-refractivity contribution in [3.63, 3.8) is 0 Å². The number of rotatable bonds is 10. The summed E-state index contributed by atoms with van der Waals surface area (Å²) in [7, 11) is -1.84. The van der Waals surface area contributed by atoms with E-state index in [1.165, 1.54) is 50.5 Å². The van der Waals surface area contributed by atoms with Gasteiger partial charge < -0.3 is 20.2 Å². The zero-order valence-electron chi connectivity index (χ0n) is 35.0. The van der Waals surface area contributed by atoms with E-state index in [-0.39, 0.29) is 33.3 Å². The maximum atomic E-state index is 13.9. The Morgan fingerprint density at radius 2 is 1.62 bits per heavy atom. The monoisotopic (exact) mass is 774 g/mol. The van der Waals surface area contributed by atoms with Gasteiger partial charge in [0.25, 0.3) is 0 Å². The van der Waals surface area contributed by atoms with E-state index < -0.39 is 15.5 Å². The summed E-state index contributed by atoms with van der Waals surface area (Å²) in [6, 6.07) is 6.72. The van der Waals surface area contributed by atoms with Crippen molar-refractivity contribution in [3.8, 4) is 0 Å². The highest BCUT2D eigenvalue weighted by atomic mass is 32.2. The summed E-state index contributed by atoms with van der Waals surface area (Å²) < 4.78 is 12.3. The fraction of sp³-hybridized carbons (Fsp3) is 0.723. The number of amides is 1. The number of carbonyl (C=O) groups is 2. The van der Waals surface area contributed by atoms with E-state index in [9.17, 15) is 18.9 Å². The summed E-state index contributed by atoms with van der Waals surface area (Å²) in [6.45, 7) is 25.5. The summed E-state index contributed by atoms with van der Waals surface area (Å²) in [5, 5.41) is 13.3. The van der Waals surface area contributed by atoms with Gasteiger partial charge in [-0.25, -0.2) is 4.79 Å². The average Bonchev–Trinajstić information content (AvgIpc) is 3.51. The van der Waals surface area contributed by atoms with Crippen LogP contribution in [0.3, 0.4) is 0 Å². The van der Waals surface area contributed by atoms with Crippen LogP contribution in [-0.2, 0) is 14.3 Å². The molecule has 9 atom stereocenters. The van der Waals surface area contributed by atoms with Crippen molar-refractivity contribution >= 4 is 33.3 Å². The second kappa shape index (κ2) is 14.8. The number of likely N-dealkylation sites (tertiary alicyclic amines) is 1. The largest absolute Gasteiger partial charge is 0.478 e. The second-order valence-corrected chi connectivity index (χ2v) is 23.2. The highest BCUT2D eigenvalue weighted by molar-refractivity contribution is 8.00. The molecule has 1 aromatic carbocycles. The van der Waals surface area contributed by atoms with Crippen LogP contribution in [0.25, 0.3) is 6.08 Å². The van der Waals surface area contributed by atoms with Gasteiger partial charge in [-0.2, -0.15) is 0 Å². The predicted octanol–water partition coefficient (Wildman–Crippen LogP) is 8.26. The Labute approximate surface area is 333 Å². The zero-order chi connectivity index (χ0) is 39.6. The first-order valence-electron chi connectivity index (χ1n) is 21.6. The van der Waals surface area contributed by atoms with Gasteiger partial charge >= 0.3 is 5.97 Å². The molecule has 0 bridgehead atoms. The number of carbonyl (C=O) groups excluding carboxylic acids is 1. The quantitative estimate of drug-likeness (QED) is 0.108. The second-order valence-electron chi connectivity index (χ2n) is 20.4. The number of nitrogens with one attached hydrogen (secondary N) is 1. The van der Waals surface area contributed by atoms with Crippen LogP contribution in [0.1, 0.15) is 122 Å². The van der Waals surface area contributed by atoms with Crippen molar-refractivity contribution < 1.29 is 18.9 Å². The minimum atomic E-state index is -1.84. The molecule has 0 unspecified atom stereocenters. The van der Waals surface area contributed by atoms with Crippen LogP contribution in [0.15, 0.2) is 42.5 Å². The summed E-state index contributed by atoms with van der Waals surface area (Å²) in [6.07, 6.45) is 15.9. The van der Waals surface area contributed by atoms with Crippen molar-refractivity contribution in [3.05, 3.63) is 53.6 Å². The SMILES string of the molecule is C=C(C)[C@@H]1CC[C@]2(CNCCCN3CCS(=C)(=O)CC3)CC[C@]3(C)[C@H](CC[C@@H]4[C@@]5(C)CCN(C(=O)/C=C/c6ccc(C(=O)O)cc6)C(C)(C)[C@@H]5CC[C@]43C)[C@@H]12. The highest BCUT2D eigenvalue weighted by Gasteiger charge is 2.70. The first kappa shape index (κ1) is 40.8. The molecule has 304 valence electrons. The molecule has 7 nitrogen and oxygen atoms in total. The van der Waals surface area contributed by atoms with Gasteiger partial charge in [0.15, 0.2) is 0 Å². The fourth-order valence-electron chi connectivity index (χ4n) is 14.5. The number of aromatic carboxylic acids is 1. The van der Waals surface area contributed by atoms with Crippen LogP contribution >= 0.6 is 0 Å². The number of carboxylic acids is 1. The first-order valence-corrected chi connectivity index (χ1v) is 23.7. The van der Waals surface area contributed by atoms with Gasteiger partial charge in [0.05, 0.1) is 5.56 Å². The van der Waals surface area contributed by atoms with Gasteiger partial charge in [-0.15, -0.1) is 0 Å². The maximum absolute atomic E-state index is 13.9. The molecule has 1 amide bonds. The third kappa shape index (κ3) is 7.00. The Morgan fingerprint density at radius 1 is 0.909 bits per heavy atom. The minimum absolute atomic E-state index is 0.0550. The van der Waals surface area contributed by atoms with E-state index in [1.54, 1.807) is 30.3 Å². The molecule has 6 aliphatic rings. The molecule has 1 aromatic rings. The molecule has 2 N–H and O–H groups in total.